The normalized spacial score (nSPS) is 10.7. The molecule has 1 aromatic carbocycles. The highest BCUT2D eigenvalue weighted by atomic mass is 35.5. The van der Waals surface area contributed by atoms with Crippen LogP contribution in [-0.4, -0.2) is 15.2 Å². The minimum Gasteiger partial charge on any atom is -0.419 e. The Kier molecular flexibility index (Phi) is 4.23. The van der Waals surface area contributed by atoms with Gasteiger partial charge in [-0.25, -0.2) is 0 Å². The van der Waals surface area contributed by atoms with Crippen LogP contribution in [0.4, 0.5) is 0 Å². The second-order valence-electron chi connectivity index (χ2n) is 4.47. The third-order valence-electron chi connectivity index (χ3n) is 2.91. The smallest absolute Gasteiger partial charge is 0.247 e. The summed E-state index contributed by atoms with van der Waals surface area (Å²) < 4.78 is 5.61. The molecule has 0 spiro atoms. The third-order valence-corrected chi connectivity index (χ3v) is 3.16. The summed E-state index contributed by atoms with van der Waals surface area (Å²) in [6.07, 6.45) is 3.53. The summed E-state index contributed by atoms with van der Waals surface area (Å²) in [5.74, 6) is 1.04. The summed E-state index contributed by atoms with van der Waals surface area (Å²) in [7, 11) is 0. The van der Waals surface area contributed by atoms with Crippen LogP contribution in [0.2, 0.25) is 5.02 Å². The van der Waals surface area contributed by atoms with E-state index in [1.807, 2.05) is 24.3 Å². The van der Waals surface area contributed by atoms with Crippen LogP contribution < -0.4 is 5.32 Å². The van der Waals surface area contributed by atoms with Gasteiger partial charge < -0.3 is 9.73 Å². The molecule has 0 radical (unpaired) electrons. The number of aromatic nitrogens is 3. The summed E-state index contributed by atoms with van der Waals surface area (Å²) in [6.45, 7) is 1.24. The molecule has 2 aromatic heterocycles. The Balaban J connectivity index is 1.59. The monoisotopic (exact) mass is 300 g/mol. The first kappa shape index (κ1) is 13.7. The van der Waals surface area contributed by atoms with Gasteiger partial charge in [-0.05, 0) is 42.0 Å². The van der Waals surface area contributed by atoms with Crippen molar-refractivity contribution in [2.24, 2.45) is 0 Å². The van der Waals surface area contributed by atoms with E-state index >= 15 is 0 Å². The topological polar surface area (TPSA) is 63.8 Å². The SMILES string of the molecule is Clc1ccc(-c2nnc(CNCc3ccncc3)o2)cc1. The van der Waals surface area contributed by atoms with Crippen molar-refractivity contribution in [2.75, 3.05) is 0 Å². The highest BCUT2D eigenvalue weighted by Gasteiger charge is 2.08. The van der Waals surface area contributed by atoms with Gasteiger partial charge in [-0.2, -0.15) is 0 Å². The molecular formula is C15H13ClN4O. The highest BCUT2D eigenvalue weighted by Crippen LogP contribution is 2.20. The van der Waals surface area contributed by atoms with Crippen LogP contribution in [0.3, 0.4) is 0 Å². The summed E-state index contributed by atoms with van der Waals surface area (Å²) in [5.41, 5.74) is 2.01. The van der Waals surface area contributed by atoms with Crippen LogP contribution in [0.1, 0.15) is 11.5 Å². The molecule has 6 heteroatoms. The second-order valence-corrected chi connectivity index (χ2v) is 4.90. The van der Waals surface area contributed by atoms with Gasteiger partial charge in [0.1, 0.15) is 0 Å². The first-order valence-corrected chi connectivity index (χ1v) is 6.87. The summed E-state index contributed by atoms with van der Waals surface area (Å²) in [4.78, 5) is 3.98. The molecular weight excluding hydrogens is 288 g/mol. The van der Waals surface area contributed by atoms with Crippen LogP contribution >= 0.6 is 11.6 Å². The van der Waals surface area contributed by atoms with Crippen molar-refractivity contribution in [1.82, 2.24) is 20.5 Å². The van der Waals surface area contributed by atoms with E-state index in [-0.39, 0.29) is 0 Å². The van der Waals surface area contributed by atoms with Gasteiger partial charge in [-0.1, -0.05) is 11.6 Å². The van der Waals surface area contributed by atoms with E-state index in [9.17, 15) is 0 Å². The number of nitrogens with one attached hydrogen (secondary N) is 1. The van der Waals surface area contributed by atoms with E-state index in [1.165, 1.54) is 0 Å². The fourth-order valence-electron chi connectivity index (χ4n) is 1.85. The zero-order valence-electron chi connectivity index (χ0n) is 11.2. The number of benzene rings is 1. The molecule has 106 valence electrons. The van der Waals surface area contributed by atoms with E-state index in [0.29, 0.717) is 23.3 Å². The van der Waals surface area contributed by atoms with Gasteiger partial charge >= 0.3 is 0 Å². The largest absolute Gasteiger partial charge is 0.419 e. The number of hydrogen-bond acceptors (Lipinski definition) is 5. The molecule has 0 saturated carbocycles. The van der Waals surface area contributed by atoms with Crippen molar-refractivity contribution in [3.63, 3.8) is 0 Å². The maximum Gasteiger partial charge on any atom is 0.247 e. The first-order chi connectivity index (χ1) is 10.3. The van der Waals surface area contributed by atoms with E-state index in [2.05, 4.69) is 20.5 Å². The molecule has 0 fully saturated rings. The molecule has 0 atom stereocenters. The summed E-state index contributed by atoms with van der Waals surface area (Å²) in [6, 6.07) is 11.2. The quantitative estimate of drug-likeness (QED) is 0.784. The zero-order chi connectivity index (χ0) is 14.5. The molecule has 0 bridgehead atoms. The zero-order valence-corrected chi connectivity index (χ0v) is 11.9. The second kappa shape index (κ2) is 6.47. The minimum absolute atomic E-state index is 0.493. The Hall–Kier alpha value is -2.24. The summed E-state index contributed by atoms with van der Waals surface area (Å²) >= 11 is 5.85. The number of halogens is 1. The van der Waals surface area contributed by atoms with Crippen molar-refractivity contribution in [1.29, 1.82) is 0 Å². The summed E-state index contributed by atoms with van der Waals surface area (Å²) in [5, 5.41) is 12.0. The van der Waals surface area contributed by atoms with Crippen molar-refractivity contribution < 1.29 is 4.42 Å². The average molecular weight is 301 g/mol. The molecule has 0 aliphatic carbocycles. The van der Waals surface area contributed by atoms with Crippen molar-refractivity contribution >= 4 is 11.6 Å². The molecule has 0 saturated heterocycles. The number of hydrogen-bond donors (Lipinski definition) is 1. The maximum atomic E-state index is 5.85. The Morgan fingerprint density at radius 2 is 1.71 bits per heavy atom. The third kappa shape index (κ3) is 3.65. The first-order valence-electron chi connectivity index (χ1n) is 6.49. The lowest BCUT2D eigenvalue weighted by molar-refractivity contribution is 0.477. The van der Waals surface area contributed by atoms with E-state index < -0.39 is 0 Å². The van der Waals surface area contributed by atoms with Crippen LogP contribution in [0.15, 0.2) is 53.2 Å². The van der Waals surface area contributed by atoms with Crippen molar-refractivity contribution in [2.45, 2.75) is 13.1 Å². The highest BCUT2D eigenvalue weighted by molar-refractivity contribution is 6.30. The molecule has 0 aliphatic heterocycles. The Morgan fingerprint density at radius 3 is 2.48 bits per heavy atom. The van der Waals surface area contributed by atoms with Crippen LogP contribution in [0.5, 0.6) is 0 Å². The molecule has 1 N–H and O–H groups in total. The van der Waals surface area contributed by atoms with Crippen LogP contribution in [0, 0.1) is 0 Å². The van der Waals surface area contributed by atoms with Gasteiger partial charge in [0.05, 0.1) is 6.54 Å². The molecule has 0 unspecified atom stereocenters. The van der Waals surface area contributed by atoms with E-state index in [0.717, 1.165) is 17.7 Å². The Labute approximate surface area is 127 Å². The predicted octanol–water partition coefficient (Wildman–Crippen LogP) is 3.07. The maximum absolute atomic E-state index is 5.85. The van der Waals surface area contributed by atoms with Gasteiger partial charge in [-0.15, -0.1) is 10.2 Å². The molecule has 0 aliphatic rings. The van der Waals surface area contributed by atoms with Crippen LogP contribution in [0.25, 0.3) is 11.5 Å². The Bertz CT molecular complexity index is 697. The van der Waals surface area contributed by atoms with Crippen molar-refractivity contribution in [3.05, 3.63) is 65.3 Å². The fourth-order valence-corrected chi connectivity index (χ4v) is 1.97. The van der Waals surface area contributed by atoms with Crippen LogP contribution in [-0.2, 0) is 13.1 Å². The molecule has 3 aromatic rings. The molecule has 21 heavy (non-hydrogen) atoms. The molecule has 5 nitrogen and oxygen atoms in total. The van der Waals surface area contributed by atoms with Gasteiger partial charge in [0.15, 0.2) is 0 Å². The lowest BCUT2D eigenvalue weighted by atomic mass is 10.2. The molecule has 0 amide bonds. The van der Waals surface area contributed by atoms with Crippen molar-refractivity contribution in [3.8, 4) is 11.5 Å². The van der Waals surface area contributed by atoms with Gasteiger partial charge in [0.25, 0.3) is 0 Å². The number of nitrogens with zero attached hydrogens (tertiary/aromatic N) is 3. The predicted molar refractivity (Wildman–Crippen MR) is 79.5 cm³/mol. The van der Waals surface area contributed by atoms with Gasteiger partial charge in [0, 0.05) is 29.5 Å². The lowest BCUT2D eigenvalue weighted by Crippen LogP contribution is -2.12. The standard InChI is InChI=1S/C15H13ClN4O/c16-13-3-1-12(2-4-13)15-20-19-14(21-15)10-18-9-11-5-7-17-8-6-11/h1-8,18H,9-10H2. The van der Waals surface area contributed by atoms with Gasteiger partial charge in [0.2, 0.25) is 11.8 Å². The lowest BCUT2D eigenvalue weighted by Gasteiger charge is -2.01. The van der Waals surface area contributed by atoms with E-state index in [1.54, 1.807) is 24.5 Å². The average Bonchev–Trinajstić information content (AvgIpc) is 2.98. The molecule has 3 rings (SSSR count). The number of pyridine rings is 1. The van der Waals surface area contributed by atoms with E-state index in [4.69, 9.17) is 16.0 Å². The fraction of sp³-hybridized carbons (Fsp3) is 0.133. The van der Waals surface area contributed by atoms with Gasteiger partial charge in [-0.3, -0.25) is 4.98 Å². The molecule has 2 heterocycles. The minimum atomic E-state index is 0.493. The number of rotatable bonds is 5. The Morgan fingerprint density at radius 1 is 0.952 bits per heavy atom.